The average molecular weight is 159 g/mol. The maximum absolute atomic E-state index is 12.0. The van der Waals surface area contributed by atoms with E-state index >= 15 is 0 Å². The fourth-order valence-electron chi connectivity index (χ4n) is 1.93. The Balaban J connectivity index is 2.31. The predicted octanol–water partition coefficient (Wildman–Crippen LogP) is 2.22. The minimum atomic E-state index is -0.184. The molecule has 1 aliphatic rings. The van der Waals surface area contributed by atoms with Crippen molar-refractivity contribution in [2.75, 3.05) is 19.8 Å². The van der Waals surface area contributed by atoms with Crippen LogP contribution in [-0.2, 0) is 0 Å². The molecule has 0 radical (unpaired) electrons. The third kappa shape index (κ3) is 2.44. The lowest BCUT2D eigenvalue weighted by Gasteiger charge is -2.34. The van der Waals surface area contributed by atoms with E-state index in [1.165, 1.54) is 25.7 Å². The normalized spacial score (nSPS) is 27.3. The molecular weight excluding hydrogens is 141 g/mol. The molecule has 1 saturated heterocycles. The molecule has 0 spiro atoms. The van der Waals surface area contributed by atoms with E-state index in [-0.39, 0.29) is 6.67 Å². The van der Waals surface area contributed by atoms with Crippen LogP contribution in [-0.4, -0.2) is 30.7 Å². The quantitative estimate of drug-likeness (QED) is 0.610. The van der Waals surface area contributed by atoms with Crippen LogP contribution in [0, 0.1) is 0 Å². The number of hydrogen-bond donors (Lipinski definition) is 0. The van der Waals surface area contributed by atoms with Crippen LogP contribution in [0.25, 0.3) is 0 Å². The van der Waals surface area contributed by atoms with E-state index in [0.29, 0.717) is 12.6 Å². The van der Waals surface area contributed by atoms with Crippen molar-refractivity contribution >= 4 is 0 Å². The van der Waals surface area contributed by atoms with E-state index in [0.717, 1.165) is 6.54 Å². The van der Waals surface area contributed by atoms with Crippen molar-refractivity contribution in [2.45, 2.75) is 38.6 Å². The average Bonchev–Trinajstić information content (AvgIpc) is 2.06. The van der Waals surface area contributed by atoms with Crippen LogP contribution in [0.1, 0.15) is 32.6 Å². The Morgan fingerprint density at radius 2 is 2.27 bits per heavy atom. The zero-order valence-electron chi connectivity index (χ0n) is 7.35. The molecule has 0 N–H and O–H groups in total. The molecule has 0 bridgehead atoms. The molecule has 1 atom stereocenters. The summed E-state index contributed by atoms with van der Waals surface area (Å²) in [6.45, 7) is 3.78. The fraction of sp³-hybridized carbons (Fsp3) is 1.00. The smallest absolute Gasteiger partial charge is 0.102 e. The maximum Gasteiger partial charge on any atom is 0.102 e. The van der Waals surface area contributed by atoms with Crippen LogP contribution in [0.5, 0.6) is 0 Å². The van der Waals surface area contributed by atoms with Crippen molar-refractivity contribution in [1.82, 2.24) is 4.90 Å². The SMILES string of the molecule is CCC1CCCCN1CCF. The second kappa shape index (κ2) is 4.70. The summed E-state index contributed by atoms with van der Waals surface area (Å²) in [5.74, 6) is 0. The highest BCUT2D eigenvalue weighted by molar-refractivity contribution is 4.74. The number of hydrogen-bond acceptors (Lipinski definition) is 1. The van der Waals surface area contributed by atoms with Gasteiger partial charge >= 0.3 is 0 Å². The third-order valence-corrected chi connectivity index (χ3v) is 2.59. The van der Waals surface area contributed by atoms with Crippen LogP contribution in [0.3, 0.4) is 0 Å². The molecule has 0 amide bonds. The first-order chi connectivity index (χ1) is 5.38. The van der Waals surface area contributed by atoms with Crippen LogP contribution in [0.2, 0.25) is 0 Å². The van der Waals surface area contributed by atoms with Gasteiger partial charge in [-0.1, -0.05) is 13.3 Å². The van der Waals surface area contributed by atoms with Crippen molar-refractivity contribution in [2.24, 2.45) is 0 Å². The van der Waals surface area contributed by atoms with Gasteiger partial charge in [-0.15, -0.1) is 0 Å². The highest BCUT2D eigenvalue weighted by Gasteiger charge is 2.19. The maximum atomic E-state index is 12.0. The molecule has 0 aromatic carbocycles. The number of halogens is 1. The van der Waals surface area contributed by atoms with Gasteiger partial charge in [0.05, 0.1) is 0 Å². The van der Waals surface area contributed by atoms with Crippen molar-refractivity contribution in [3.8, 4) is 0 Å². The van der Waals surface area contributed by atoms with E-state index < -0.39 is 0 Å². The summed E-state index contributed by atoms with van der Waals surface area (Å²) in [6.07, 6.45) is 5.05. The number of piperidine rings is 1. The first-order valence-corrected chi connectivity index (χ1v) is 4.68. The zero-order valence-corrected chi connectivity index (χ0v) is 7.35. The molecule has 1 rings (SSSR count). The molecule has 0 aromatic rings. The van der Waals surface area contributed by atoms with Crippen molar-refractivity contribution in [3.63, 3.8) is 0 Å². The van der Waals surface area contributed by atoms with Gasteiger partial charge in [0.2, 0.25) is 0 Å². The Labute approximate surface area is 68.6 Å². The number of likely N-dealkylation sites (tertiary alicyclic amines) is 1. The molecule has 66 valence electrons. The minimum absolute atomic E-state index is 0.184. The monoisotopic (exact) mass is 159 g/mol. The van der Waals surface area contributed by atoms with Crippen molar-refractivity contribution in [1.29, 1.82) is 0 Å². The van der Waals surface area contributed by atoms with Crippen molar-refractivity contribution < 1.29 is 4.39 Å². The molecular formula is C9H18FN. The minimum Gasteiger partial charge on any atom is -0.298 e. The van der Waals surface area contributed by atoms with Crippen LogP contribution < -0.4 is 0 Å². The largest absolute Gasteiger partial charge is 0.298 e. The molecule has 2 heteroatoms. The first-order valence-electron chi connectivity index (χ1n) is 4.68. The predicted molar refractivity (Wildman–Crippen MR) is 45.5 cm³/mol. The van der Waals surface area contributed by atoms with Gasteiger partial charge in [0, 0.05) is 12.6 Å². The molecule has 1 nitrogen and oxygen atoms in total. The summed E-state index contributed by atoms with van der Waals surface area (Å²) >= 11 is 0. The molecule has 0 aromatic heterocycles. The van der Waals surface area contributed by atoms with Crippen LogP contribution in [0.4, 0.5) is 4.39 Å². The van der Waals surface area contributed by atoms with E-state index in [4.69, 9.17) is 0 Å². The van der Waals surface area contributed by atoms with Gasteiger partial charge < -0.3 is 0 Å². The summed E-state index contributed by atoms with van der Waals surface area (Å²) < 4.78 is 12.0. The summed E-state index contributed by atoms with van der Waals surface area (Å²) in [7, 11) is 0. The molecule has 11 heavy (non-hydrogen) atoms. The Morgan fingerprint density at radius 3 is 2.91 bits per heavy atom. The van der Waals surface area contributed by atoms with Crippen LogP contribution >= 0.6 is 0 Å². The second-order valence-corrected chi connectivity index (χ2v) is 3.28. The van der Waals surface area contributed by atoms with E-state index in [9.17, 15) is 4.39 Å². The van der Waals surface area contributed by atoms with E-state index in [1.807, 2.05) is 0 Å². The Bertz CT molecular complexity index is 104. The van der Waals surface area contributed by atoms with E-state index in [2.05, 4.69) is 11.8 Å². The number of nitrogens with zero attached hydrogens (tertiary/aromatic N) is 1. The molecule has 0 saturated carbocycles. The highest BCUT2D eigenvalue weighted by atomic mass is 19.1. The van der Waals surface area contributed by atoms with Gasteiger partial charge in [-0.2, -0.15) is 0 Å². The van der Waals surface area contributed by atoms with Gasteiger partial charge in [0.25, 0.3) is 0 Å². The lowest BCUT2D eigenvalue weighted by atomic mass is 10.0. The first kappa shape index (κ1) is 8.98. The van der Waals surface area contributed by atoms with Gasteiger partial charge in [0.15, 0.2) is 0 Å². The molecule has 1 heterocycles. The zero-order chi connectivity index (χ0) is 8.10. The second-order valence-electron chi connectivity index (χ2n) is 3.28. The number of alkyl halides is 1. The Morgan fingerprint density at radius 1 is 1.45 bits per heavy atom. The summed E-state index contributed by atoms with van der Waals surface area (Å²) in [5.41, 5.74) is 0. The molecule has 1 fully saturated rings. The lowest BCUT2D eigenvalue weighted by molar-refractivity contribution is 0.134. The Hall–Kier alpha value is -0.110. The number of rotatable bonds is 3. The van der Waals surface area contributed by atoms with Crippen molar-refractivity contribution in [3.05, 3.63) is 0 Å². The Kier molecular flexibility index (Phi) is 3.84. The summed E-state index contributed by atoms with van der Waals surface area (Å²) in [6, 6.07) is 0.666. The topological polar surface area (TPSA) is 3.24 Å². The summed E-state index contributed by atoms with van der Waals surface area (Å²) in [5, 5.41) is 0. The third-order valence-electron chi connectivity index (χ3n) is 2.59. The van der Waals surface area contributed by atoms with Crippen LogP contribution in [0.15, 0.2) is 0 Å². The standard InChI is InChI=1S/C9H18FN/c1-2-9-5-3-4-7-11(9)8-6-10/h9H,2-8H2,1H3. The highest BCUT2D eigenvalue weighted by Crippen LogP contribution is 2.18. The van der Waals surface area contributed by atoms with Gasteiger partial charge in [-0.3, -0.25) is 4.90 Å². The lowest BCUT2D eigenvalue weighted by Crippen LogP contribution is -2.40. The van der Waals surface area contributed by atoms with E-state index in [1.54, 1.807) is 0 Å². The van der Waals surface area contributed by atoms with Gasteiger partial charge in [0.1, 0.15) is 6.67 Å². The summed E-state index contributed by atoms with van der Waals surface area (Å²) in [4.78, 5) is 2.30. The fourth-order valence-corrected chi connectivity index (χ4v) is 1.93. The van der Waals surface area contributed by atoms with Gasteiger partial charge in [-0.25, -0.2) is 4.39 Å². The molecule has 1 unspecified atom stereocenters. The molecule has 1 aliphatic heterocycles. The van der Waals surface area contributed by atoms with Gasteiger partial charge in [-0.05, 0) is 25.8 Å². The molecule has 0 aliphatic carbocycles.